The van der Waals surface area contributed by atoms with Crippen molar-refractivity contribution in [2.75, 3.05) is 19.7 Å². The molecule has 0 heterocycles. The van der Waals surface area contributed by atoms with Crippen molar-refractivity contribution in [2.24, 2.45) is 5.92 Å². The van der Waals surface area contributed by atoms with Gasteiger partial charge in [0.15, 0.2) is 6.61 Å². The van der Waals surface area contributed by atoms with Crippen molar-refractivity contribution >= 4 is 11.8 Å². The van der Waals surface area contributed by atoms with Gasteiger partial charge in [0.25, 0.3) is 5.91 Å². The van der Waals surface area contributed by atoms with Gasteiger partial charge >= 0.3 is 0 Å². The smallest absolute Gasteiger partial charge is 0.258 e. The molecule has 2 N–H and O–H groups in total. The molecule has 1 rings (SSSR count). The second-order valence-corrected chi connectivity index (χ2v) is 4.90. The number of hydrogen-bond acceptors (Lipinski definition) is 3. The van der Waals surface area contributed by atoms with Crippen LogP contribution in [-0.2, 0) is 9.59 Å². The lowest BCUT2D eigenvalue weighted by molar-refractivity contribution is -0.125. The largest absolute Gasteiger partial charge is 0.484 e. The maximum absolute atomic E-state index is 11.5. The van der Waals surface area contributed by atoms with Crippen molar-refractivity contribution in [2.45, 2.75) is 20.8 Å². The van der Waals surface area contributed by atoms with Crippen LogP contribution < -0.4 is 15.4 Å². The van der Waals surface area contributed by atoms with Gasteiger partial charge < -0.3 is 15.4 Å². The van der Waals surface area contributed by atoms with E-state index in [0.717, 1.165) is 5.56 Å². The predicted molar refractivity (Wildman–Crippen MR) is 77.5 cm³/mol. The fourth-order valence-corrected chi connectivity index (χ4v) is 1.43. The summed E-state index contributed by atoms with van der Waals surface area (Å²) >= 11 is 0. The Balaban J connectivity index is 2.14. The zero-order valence-corrected chi connectivity index (χ0v) is 12.2. The first-order valence-corrected chi connectivity index (χ1v) is 6.73. The fourth-order valence-electron chi connectivity index (χ4n) is 1.43. The summed E-state index contributed by atoms with van der Waals surface area (Å²) in [6.45, 7) is 6.43. The molecule has 110 valence electrons. The highest BCUT2D eigenvalue weighted by Crippen LogP contribution is 2.10. The number of carbonyl (C=O) groups excluding carboxylic acids is 2. The normalized spacial score (nSPS) is 10.2. The summed E-state index contributed by atoms with van der Waals surface area (Å²) in [5, 5.41) is 5.40. The van der Waals surface area contributed by atoms with Crippen molar-refractivity contribution in [1.29, 1.82) is 0 Å². The molecule has 0 aromatic heterocycles. The summed E-state index contributed by atoms with van der Waals surface area (Å²) in [6.07, 6.45) is 0. The number of hydrogen-bond donors (Lipinski definition) is 2. The Morgan fingerprint density at radius 2 is 1.70 bits per heavy atom. The third-order valence-electron chi connectivity index (χ3n) is 2.66. The summed E-state index contributed by atoms with van der Waals surface area (Å²) in [7, 11) is 0. The van der Waals surface area contributed by atoms with E-state index in [-0.39, 0.29) is 24.3 Å². The van der Waals surface area contributed by atoms with Gasteiger partial charge in [-0.1, -0.05) is 31.5 Å². The zero-order valence-electron chi connectivity index (χ0n) is 12.2. The Labute approximate surface area is 119 Å². The first kappa shape index (κ1) is 16.0. The monoisotopic (exact) mass is 278 g/mol. The van der Waals surface area contributed by atoms with Crippen LogP contribution in [-0.4, -0.2) is 31.5 Å². The average molecular weight is 278 g/mol. The highest BCUT2D eigenvalue weighted by molar-refractivity contribution is 5.78. The van der Waals surface area contributed by atoms with E-state index in [2.05, 4.69) is 10.6 Å². The minimum Gasteiger partial charge on any atom is -0.484 e. The molecule has 0 spiro atoms. The van der Waals surface area contributed by atoms with Gasteiger partial charge in [-0.2, -0.15) is 0 Å². The third-order valence-corrected chi connectivity index (χ3v) is 2.66. The van der Waals surface area contributed by atoms with E-state index in [1.54, 1.807) is 0 Å². The van der Waals surface area contributed by atoms with Crippen molar-refractivity contribution in [3.05, 3.63) is 29.8 Å². The molecule has 0 saturated carbocycles. The molecule has 0 radical (unpaired) electrons. The Bertz CT molecular complexity index is 441. The van der Waals surface area contributed by atoms with Gasteiger partial charge in [-0.15, -0.1) is 0 Å². The summed E-state index contributed by atoms with van der Waals surface area (Å²) in [4.78, 5) is 22.8. The minimum absolute atomic E-state index is 0.0184. The number of rotatable bonds is 7. The maximum atomic E-state index is 11.5. The van der Waals surface area contributed by atoms with Crippen LogP contribution in [0.5, 0.6) is 5.75 Å². The first-order chi connectivity index (χ1) is 9.49. The molecule has 0 fully saturated rings. The van der Waals surface area contributed by atoms with E-state index in [1.165, 1.54) is 0 Å². The molecule has 5 nitrogen and oxygen atoms in total. The molecule has 0 aliphatic heterocycles. The van der Waals surface area contributed by atoms with Crippen LogP contribution in [0.2, 0.25) is 0 Å². The van der Waals surface area contributed by atoms with Crippen LogP contribution in [0.15, 0.2) is 24.3 Å². The number of benzene rings is 1. The van der Waals surface area contributed by atoms with Crippen LogP contribution in [0, 0.1) is 12.8 Å². The number of nitrogens with one attached hydrogen (secondary N) is 2. The fraction of sp³-hybridized carbons (Fsp3) is 0.467. The Morgan fingerprint density at radius 1 is 1.10 bits per heavy atom. The Morgan fingerprint density at radius 3 is 2.30 bits per heavy atom. The molecular formula is C15H22N2O3. The van der Waals surface area contributed by atoms with Gasteiger partial charge in [-0.05, 0) is 19.1 Å². The molecule has 0 bridgehead atoms. The lowest BCUT2D eigenvalue weighted by atomic mass is 10.2. The van der Waals surface area contributed by atoms with Crippen molar-refractivity contribution in [1.82, 2.24) is 10.6 Å². The molecule has 20 heavy (non-hydrogen) atoms. The first-order valence-electron chi connectivity index (χ1n) is 6.73. The van der Waals surface area contributed by atoms with Crippen LogP contribution in [0.4, 0.5) is 0 Å². The molecule has 5 heteroatoms. The summed E-state index contributed by atoms with van der Waals surface area (Å²) in [5.41, 5.74) is 1.14. The van der Waals surface area contributed by atoms with E-state index in [4.69, 9.17) is 4.74 Å². The number of ether oxygens (including phenoxy) is 1. The molecular weight excluding hydrogens is 256 g/mol. The predicted octanol–water partition coefficient (Wildman–Crippen LogP) is 1.26. The van der Waals surface area contributed by atoms with Gasteiger partial charge in [0.2, 0.25) is 5.91 Å². The number of aryl methyl sites for hydroxylation is 1. The van der Waals surface area contributed by atoms with Gasteiger partial charge in [-0.25, -0.2) is 0 Å². The van der Waals surface area contributed by atoms with Crippen molar-refractivity contribution in [3.63, 3.8) is 0 Å². The van der Waals surface area contributed by atoms with E-state index < -0.39 is 0 Å². The summed E-state index contributed by atoms with van der Waals surface area (Å²) in [5.74, 6) is 0.397. The maximum Gasteiger partial charge on any atom is 0.258 e. The molecule has 2 amide bonds. The Kier molecular flexibility index (Phi) is 6.56. The molecule has 1 aromatic carbocycles. The van der Waals surface area contributed by atoms with Crippen LogP contribution in [0.1, 0.15) is 19.4 Å². The number of carbonyl (C=O) groups is 2. The molecule has 0 aliphatic rings. The van der Waals surface area contributed by atoms with E-state index in [1.807, 2.05) is 45.0 Å². The molecule has 0 saturated heterocycles. The van der Waals surface area contributed by atoms with Gasteiger partial charge in [-0.3, -0.25) is 9.59 Å². The molecule has 1 aromatic rings. The standard InChI is InChI=1S/C15H22N2O3/c1-11(2)15(19)17-9-8-16-14(18)10-20-13-6-4-12(3)5-7-13/h4-7,11H,8-10H2,1-3H3,(H,16,18)(H,17,19). The highest BCUT2D eigenvalue weighted by Gasteiger charge is 2.06. The van der Waals surface area contributed by atoms with E-state index in [0.29, 0.717) is 18.8 Å². The molecule has 0 aliphatic carbocycles. The second kappa shape index (κ2) is 8.19. The lowest BCUT2D eigenvalue weighted by Gasteiger charge is -2.09. The SMILES string of the molecule is Cc1ccc(OCC(=O)NCCNC(=O)C(C)C)cc1. The number of amides is 2. The Hall–Kier alpha value is -2.04. The van der Waals surface area contributed by atoms with E-state index >= 15 is 0 Å². The van der Waals surface area contributed by atoms with Crippen molar-refractivity contribution < 1.29 is 14.3 Å². The second-order valence-electron chi connectivity index (χ2n) is 4.90. The zero-order chi connectivity index (χ0) is 15.0. The topological polar surface area (TPSA) is 67.4 Å². The van der Waals surface area contributed by atoms with E-state index in [9.17, 15) is 9.59 Å². The molecule has 0 atom stereocenters. The summed E-state index contributed by atoms with van der Waals surface area (Å²) in [6, 6.07) is 7.50. The van der Waals surface area contributed by atoms with Gasteiger partial charge in [0.05, 0.1) is 0 Å². The summed E-state index contributed by atoms with van der Waals surface area (Å²) < 4.78 is 5.34. The minimum atomic E-state index is -0.204. The van der Waals surface area contributed by atoms with Gasteiger partial charge in [0.1, 0.15) is 5.75 Å². The third kappa shape index (κ3) is 6.22. The van der Waals surface area contributed by atoms with Crippen LogP contribution in [0.3, 0.4) is 0 Å². The lowest BCUT2D eigenvalue weighted by Crippen LogP contribution is -2.38. The quantitative estimate of drug-likeness (QED) is 0.738. The van der Waals surface area contributed by atoms with Gasteiger partial charge in [0, 0.05) is 19.0 Å². The van der Waals surface area contributed by atoms with Crippen molar-refractivity contribution in [3.8, 4) is 5.75 Å². The average Bonchev–Trinajstić information content (AvgIpc) is 2.42. The molecule has 0 unspecified atom stereocenters. The van der Waals surface area contributed by atoms with Crippen LogP contribution in [0.25, 0.3) is 0 Å². The van der Waals surface area contributed by atoms with Crippen LogP contribution >= 0.6 is 0 Å². The highest BCUT2D eigenvalue weighted by atomic mass is 16.5.